The molecule has 0 spiro atoms. The van der Waals surface area contributed by atoms with Crippen molar-refractivity contribution in [2.24, 2.45) is 0 Å². The Morgan fingerprint density at radius 2 is 0.648 bits per heavy atom. The van der Waals surface area contributed by atoms with Crippen LogP contribution in [0.4, 0.5) is 0 Å². The van der Waals surface area contributed by atoms with Gasteiger partial charge in [0.2, 0.25) is 0 Å². The lowest BCUT2D eigenvalue weighted by atomic mass is 9.96. The summed E-state index contributed by atoms with van der Waals surface area (Å²) in [7, 11) is 3.04. The molecule has 614 valence electrons. The van der Waals surface area contributed by atoms with Gasteiger partial charge in [-0.05, 0) is 74.9 Å². The lowest BCUT2D eigenvalue weighted by molar-refractivity contribution is 0.312. The summed E-state index contributed by atoms with van der Waals surface area (Å²) in [5.41, 5.74) is 9.10. The van der Waals surface area contributed by atoms with Crippen LogP contribution in [-0.4, -0.2) is 118 Å². The van der Waals surface area contributed by atoms with Gasteiger partial charge in [-0.25, -0.2) is 52.7 Å². The molecule has 0 fully saturated rings. The van der Waals surface area contributed by atoms with Crippen LogP contribution in [0.2, 0.25) is 10.0 Å². The van der Waals surface area contributed by atoms with E-state index in [1.54, 1.807) is 168 Å². The molecule has 19 rings (SSSR count). The number of hydrogen-bond donors (Lipinski definition) is 0. The largest absolute Gasteiger partial charge is 0.493 e. The lowest BCUT2D eigenvalue weighted by Crippen LogP contribution is -2.08. The van der Waals surface area contributed by atoms with E-state index in [1.165, 1.54) is 48.9 Å². The summed E-state index contributed by atoms with van der Waals surface area (Å²) in [6.07, 6.45) is 31.0. The molecule has 0 N–H and O–H groups in total. The van der Waals surface area contributed by atoms with E-state index in [0.29, 0.717) is 123 Å². The van der Waals surface area contributed by atoms with Gasteiger partial charge in [-0.2, -0.15) is 88.3 Å². The van der Waals surface area contributed by atoms with Gasteiger partial charge in [0.05, 0.1) is 150 Å². The Labute approximate surface area is 737 Å². The Kier molecular flexibility index (Phi) is 24.6. The highest BCUT2D eigenvalue weighted by atomic mass is 35.5. The molecular weight excluding hydrogens is 1660 g/mol. The predicted octanol–water partition coefficient (Wildman–Crippen LogP) is 16.5. The SMILES string of the molecule is CCCCOc1c(C#N)c(C#N)c(-n2nc(C)cc2C)c2ccccc12.COc1cc2c(-n3cncn3)c(C#N)c(C#N)c(-n3cncn3)c2cc1OC.N#Cc1c(C#N)c(-n2cccn2)c2cc(Cl)c(Cl)cc2c1-n1cccn1.N#Cc1c(C#N)c(-n2cccn2)c2ccccc2c1-n1cccn1.N#Cc1c(C#N)c(-n2ccnc2)c2ccccc2c1-n1ccnc1. The second-order valence-corrected chi connectivity index (χ2v) is 28.3. The normalized spacial score (nSPS) is 10.5. The van der Waals surface area contributed by atoms with Gasteiger partial charge in [0.25, 0.3) is 0 Å². The fourth-order valence-corrected chi connectivity index (χ4v) is 15.4. The second kappa shape index (κ2) is 37.4. The molecule has 10 aromatic carbocycles. The van der Waals surface area contributed by atoms with E-state index in [9.17, 15) is 52.6 Å². The summed E-state index contributed by atoms with van der Waals surface area (Å²) in [6, 6.07) is 60.4. The number of ether oxygens (including phenoxy) is 3. The van der Waals surface area contributed by atoms with Gasteiger partial charge in [-0.15, -0.1) is 0 Å². The zero-order valence-electron chi connectivity index (χ0n) is 68.0. The van der Waals surface area contributed by atoms with Crippen molar-refractivity contribution < 1.29 is 14.2 Å². The average molecular weight is 1720 g/mol. The number of nitriles is 10. The van der Waals surface area contributed by atoms with Crippen LogP contribution in [-0.2, 0) is 0 Å². The molecule has 0 atom stereocenters. The predicted molar refractivity (Wildman–Crippen MR) is 470 cm³/mol. The van der Waals surface area contributed by atoms with E-state index in [2.05, 4.69) is 123 Å². The van der Waals surface area contributed by atoms with Crippen LogP contribution in [0.3, 0.4) is 0 Å². The van der Waals surface area contributed by atoms with Crippen molar-refractivity contribution in [2.75, 3.05) is 20.8 Å². The summed E-state index contributed by atoms with van der Waals surface area (Å²) in [4.78, 5) is 16.0. The number of aromatic nitrogens is 20. The Balaban J connectivity index is 0.000000123. The van der Waals surface area contributed by atoms with Gasteiger partial charge < -0.3 is 23.3 Å². The zero-order valence-corrected chi connectivity index (χ0v) is 69.5. The number of halogens is 2. The fourth-order valence-electron chi connectivity index (χ4n) is 15.0. The maximum absolute atomic E-state index is 9.87. The fraction of sp³-hybridized carbons (Fsp3) is 0.0860. The monoisotopic (exact) mass is 1710 g/mol. The van der Waals surface area contributed by atoms with Crippen molar-refractivity contribution in [1.29, 1.82) is 52.6 Å². The lowest BCUT2D eigenvalue weighted by Gasteiger charge is -2.17. The minimum atomic E-state index is 0.137. The number of unbranched alkanes of at least 4 members (excludes halogenated alkanes) is 1. The van der Waals surface area contributed by atoms with Crippen molar-refractivity contribution in [2.45, 2.75) is 33.6 Å². The first kappa shape index (κ1) is 84.2. The maximum Gasteiger partial charge on any atom is 0.161 e. The average Bonchev–Trinajstić information content (AvgIpc) is 1.20. The van der Waals surface area contributed by atoms with Crippen LogP contribution >= 0.6 is 23.2 Å². The molecule has 33 nitrogen and oxygen atoms in total. The van der Waals surface area contributed by atoms with E-state index in [4.69, 9.17) is 37.4 Å². The van der Waals surface area contributed by atoms with Crippen molar-refractivity contribution in [1.82, 2.24) is 97.5 Å². The molecular formula is C93H60Cl2N30O3. The van der Waals surface area contributed by atoms with Crippen molar-refractivity contribution in [3.63, 3.8) is 0 Å². The van der Waals surface area contributed by atoms with Gasteiger partial charge in [0.1, 0.15) is 97.3 Å². The van der Waals surface area contributed by atoms with Crippen LogP contribution < -0.4 is 14.2 Å². The Morgan fingerprint density at radius 1 is 0.328 bits per heavy atom. The molecule has 35 heteroatoms. The third-order valence-electron chi connectivity index (χ3n) is 20.4. The molecule has 0 aliphatic rings. The molecule has 0 saturated carbocycles. The number of rotatable bonds is 15. The number of aryl methyl sites for hydroxylation is 2. The van der Waals surface area contributed by atoms with E-state index < -0.39 is 0 Å². The third kappa shape index (κ3) is 15.5. The summed E-state index contributed by atoms with van der Waals surface area (Å²) < 4.78 is 31.3. The second-order valence-electron chi connectivity index (χ2n) is 27.5. The summed E-state index contributed by atoms with van der Waals surface area (Å²) >= 11 is 12.5. The molecule has 0 saturated heterocycles. The highest BCUT2D eigenvalue weighted by Crippen LogP contribution is 2.45. The highest BCUT2D eigenvalue weighted by molar-refractivity contribution is 6.43. The molecule has 0 unspecified atom stereocenters. The molecule has 0 aliphatic carbocycles. The Morgan fingerprint density at radius 3 is 0.945 bits per heavy atom. The first-order valence-corrected chi connectivity index (χ1v) is 39.3. The first-order valence-electron chi connectivity index (χ1n) is 38.5. The van der Waals surface area contributed by atoms with Gasteiger partial charge in [-0.1, -0.05) is 109 Å². The quantitative estimate of drug-likeness (QED) is 0.0860. The Hall–Kier alpha value is -18.9. The number of nitrogens with zero attached hydrogens (tertiary/aromatic N) is 30. The first-order chi connectivity index (χ1) is 62.7. The smallest absolute Gasteiger partial charge is 0.161 e. The molecule has 128 heavy (non-hydrogen) atoms. The molecule has 0 aliphatic heterocycles. The van der Waals surface area contributed by atoms with Crippen LogP contribution in [0.15, 0.2) is 240 Å². The zero-order chi connectivity index (χ0) is 89.6. The van der Waals surface area contributed by atoms with E-state index in [1.807, 2.05) is 92.7 Å². The molecule has 0 bridgehead atoms. The van der Waals surface area contributed by atoms with Crippen LogP contribution in [0.1, 0.15) is 86.8 Å². The minimum absolute atomic E-state index is 0.137. The van der Waals surface area contributed by atoms with E-state index in [0.717, 1.165) is 56.5 Å². The van der Waals surface area contributed by atoms with Gasteiger partial charge >= 0.3 is 0 Å². The van der Waals surface area contributed by atoms with E-state index >= 15 is 0 Å². The number of methoxy groups -OCH3 is 2. The molecule has 9 heterocycles. The van der Waals surface area contributed by atoms with Gasteiger partial charge in [-0.3, -0.25) is 0 Å². The molecule has 0 radical (unpaired) electrons. The number of benzene rings is 10. The van der Waals surface area contributed by atoms with Crippen molar-refractivity contribution in [3.8, 4) is 129 Å². The van der Waals surface area contributed by atoms with E-state index in [-0.39, 0.29) is 38.9 Å². The van der Waals surface area contributed by atoms with Crippen LogP contribution in [0.25, 0.3) is 105 Å². The standard InChI is InChI=1S/C21H20N4O.C18H8Cl2N6.C18H12N8O2.2C18H10N6/c1-4-5-10-26-21-17-9-7-6-8-16(17)20(18(12-22)19(21)13-23)25-15(3)11-14(2)24-25;19-15-7-11-12(8-16(15)20)18(26-6-2-4-24-26)14(10-22)13(9-21)17(11)25-5-1-3-23-25;1-27-15-3-11-12(4-16(15)28-2)18(26-10-22-8-24-26)14(6-20)13(5-19)17(11)25-9-21-7-23-25;19-11-15-16(12-20)18(24-10-4-8-22-24)14-6-2-1-5-13(14)17(15)23-9-3-7-21-23;19-9-15-16(10-20)18(24-8-6-22-12-24)14-4-2-1-3-13(14)17(15)23-7-5-21-11-23/h6-9,11H,4-5,10H2,1-3H3;1-8H;3-4,7-10H,1-2H3;1-10H;1-8,11-12H. The molecule has 0 amide bonds. The topological polar surface area (TPSA) is 452 Å². The number of imidazole rings is 2. The molecule has 9 aromatic heterocycles. The summed E-state index contributed by atoms with van der Waals surface area (Å²) in [6.45, 7) is 6.44. The number of hydrogen-bond acceptors (Lipinski definition) is 24. The maximum atomic E-state index is 9.87. The molecule has 19 aromatic rings. The minimum Gasteiger partial charge on any atom is -0.493 e. The summed E-state index contributed by atoms with van der Waals surface area (Å²) in [5.74, 6) is 1.42. The van der Waals surface area contributed by atoms with Crippen LogP contribution in [0.5, 0.6) is 17.2 Å². The van der Waals surface area contributed by atoms with Crippen molar-refractivity contribution in [3.05, 3.63) is 317 Å². The Bertz CT molecular complexity index is 7350. The third-order valence-corrected chi connectivity index (χ3v) is 21.1. The van der Waals surface area contributed by atoms with Crippen LogP contribution in [0, 0.1) is 127 Å². The van der Waals surface area contributed by atoms with Gasteiger partial charge in [0.15, 0.2) is 11.5 Å². The highest BCUT2D eigenvalue weighted by Gasteiger charge is 2.30. The number of fused-ring (bicyclic) bond motifs is 5. The van der Waals surface area contributed by atoms with Gasteiger partial charge in [0, 0.05) is 134 Å². The summed E-state index contributed by atoms with van der Waals surface area (Å²) in [5, 5.41) is 136. The van der Waals surface area contributed by atoms with Crippen molar-refractivity contribution >= 4 is 77.1 Å².